The molecule has 0 radical (unpaired) electrons. The predicted molar refractivity (Wildman–Crippen MR) is 68.1 cm³/mol. The smallest absolute Gasteiger partial charge is 0.130 e. The van der Waals surface area contributed by atoms with Gasteiger partial charge in [0.2, 0.25) is 0 Å². The van der Waals surface area contributed by atoms with Crippen molar-refractivity contribution in [3.63, 3.8) is 0 Å². The van der Waals surface area contributed by atoms with Crippen LogP contribution in [0.5, 0.6) is 5.75 Å². The van der Waals surface area contributed by atoms with Crippen LogP contribution in [0.25, 0.3) is 0 Å². The molecule has 3 nitrogen and oxygen atoms in total. The average molecular weight is 230 g/mol. The van der Waals surface area contributed by atoms with Gasteiger partial charge in [0.05, 0.1) is 11.4 Å². The largest absolute Gasteiger partial charge is 0.487 e. The quantitative estimate of drug-likeness (QED) is 0.807. The third kappa shape index (κ3) is 2.87. The molecule has 1 heterocycles. The van der Waals surface area contributed by atoms with Gasteiger partial charge in [0.15, 0.2) is 0 Å². The molecule has 0 fully saturated rings. The lowest BCUT2D eigenvalue weighted by Crippen LogP contribution is -2.02. The van der Waals surface area contributed by atoms with Crippen molar-refractivity contribution in [1.29, 1.82) is 0 Å². The van der Waals surface area contributed by atoms with Gasteiger partial charge in [0, 0.05) is 7.05 Å². The van der Waals surface area contributed by atoms with Gasteiger partial charge in [0.1, 0.15) is 12.4 Å². The number of ether oxygens (including phenoxy) is 1. The fraction of sp³-hybridized carbons (Fsp3) is 0.357. The van der Waals surface area contributed by atoms with E-state index in [2.05, 4.69) is 24.2 Å². The van der Waals surface area contributed by atoms with Crippen molar-refractivity contribution in [2.45, 2.75) is 26.9 Å². The summed E-state index contributed by atoms with van der Waals surface area (Å²) in [6.07, 6.45) is 1.06. The van der Waals surface area contributed by atoms with Gasteiger partial charge in [-0.2, -0.15) is 5.10 Å². The summed E-state index contributed by atoms with van der Waals surface area (Å²) in [7, 11) is 1.94. The Kier molecular flexibility index (Phi) is 3.47. The number of benzene rings is 1. The summed E-state index contributed by atoms with van der Waals surface area (Å²) in [5.41, 5.74) is 3.43. The summed E-state index contributed by atoms with van der Waals surface area (Å²) in [5.74, 6) is 0.904. The van der Waals surface area contributed by atoms with Crippen molar-refractivity contribution in [1.82, 2.24) is 9.78 Å². The lowest BCUT2D eigenvalue weighted by molar-refractivity contribution is 0.295. The first-order chi connectivity index (χ1) is 8.19. The molecule has 0 saturated heterocycles. The fourth-order valence-corrected chi connectivity index (χ4v) is 1.78. The second kappa shape index (κ2) is 5.04. The Balaban J connectivity index is 1.99. The molecule has 0 atom stereocenters. The molecule has 0 spiro atoms. The molecule has 0 aliphatic carbocycles. The van der Waals surface area contributed by atoms with E-state index in [0.717, 1.165) is 23.6 Å². The normalized spacial score (nSPS) is 10.5. The molecule has 17 heavy (non-hydrogen) atoms. The minimum atomic E-state index is 0.558. The lowest BCUT2D eigenvalue weighted by Gasteiger charge is -2.06. The minimum Gasteiger partial charge on any atom is -0.487 e. The van der Waals surface area contributed by atoms with Crippen molar-refractivity contribution in [3.05, 3.63) is 47.3 Å². The van der Waals surface area contributed by atoms with Gasteiger partial charge in [-0.05, 0) is 37.1 Å². The van der Waals surface area contributed by atoms with Gasteiger partial charge >= 0.3 is 0 Å². The summed E-state index contributed by atoms with van der Waals surface area (Å²) >= 11 is 0. The molecule has 1 aromatic heterocycles. The zero-order valence-electron chi connectivity index (χ0n) is 10.6. The molecule has 0 amide bonds. The van der Waals surface area contributed by atoms with E-state index in [1.807, 2.05) is 36.9 Å². The van der Waals surface area contributed by atoms with Crippen molar-refractivity contribution < 1.29 is 4.74 Å². The van der Waals surface area contributed by atoms with Crippen LogP contribution in [0.1, 0.15) is 23.9 Å². The highest BCUT2D eigenvalue weighted by molar-refractivity contribution is 5.27. The first-order valence-corrected chi connectivity index (χ1v) is 5.90. The number of hydrogen-bond donors (Lipinski definition) is 0. The minimum absolute atomic E-state index is 0.558. The number of rotatable bonds is 4. The molecule has 2 rings (SSSR count). The Morgan fingerprint density at radius 2 is 1.94 bits per heavy atom. The molecule has 0 N–H and O–H groups in total. The van der Waals surface area contributed by atoms with Crippen LogP contribution in [0.2, 0.25) is 0 Å². The topological polar surface area (TPSA) is 27.1 Å². The average Bonchev–Trinajstić information content (AvgIpc) is 2.66. The van der Waals surface area contributed by atoms with Crippen LogP contribution in [0.3, 0.4) is 0 Å². The van der Waals surface area contributed by atoms with E-state index < -0.39 is 0 Å². The van der Waals surface area contributed by atoms with Crippen LogP contribution in [0, 0.1) is 6.92 Å². The lowest BCUT2D eigenvalue weighted by atomic mass is 10.2. The molecule has 90 valence electrons. The maximum Gasteiger partial charge on any atom is 0.130 e. The third-order valence-corrected chi connectivity index (χ3v) is 2.82. The van der Waals surface area contributed by atoms with Crippen LogP contribution in [-0.4, -0.2) is 9.78 Å². The maximum absolute atomic E-state index is 5.72. The molecule has 0 saturated carbocycles. The first-order valence-electron chi connectivity index (χ1n) is 5.90. The van der Waals surface area contributed by atoms with Crippen molar-refractivity contribution >= 4 is 0 Å². The number of aromatic nitrogens is 2. The summed E-state index contributed by atoms with van der Waals surface area (Å²) < 4.78 is 7.58. The molecule has 0 aliphatic heterocycles. The van der Waals surface area contributed by atoms with Gasteiger partial charge in [-0.3, -0.25) is 4.68 Å². The number of aryl methyl sites for hydroxylation is 3. The number of nitrogens with zero attached hydrogens (tertiary/aromatic N) is 2. The van der Waals surface area contributed by atoms with Crippen molar-refractivity contribution in [2.75, 3.05) is 0 Å². The van der Waals surface area contributed by atoms with Crippen molar-refractivity contribution in [3.8, 4) is 5.75 Å². The van der Waals surface area contributed by atoms with E-state index in [9.17, 15) is 0 Å². The van der Waals surface area contributed by atoms with E-state index in [1.54, 1.807) is 0 Å². The predicted octanol–water partition coefficient (Wildman–Crippen LogP) is 2.87. The second-order valence-electron chi connectivity index (χ2n) is 4.19. The van der Waals surface area contributed by atoms with Gasteiger partial charge in [-0.15, -0.1) is 0 Å². The zero-order chi connectivity index (χ0) is 12.3. The van der Waals surface area contributed by atoms with Crippen LogP contribution in [0.4, 0.5) is 0 Å². The van der Waals surface area contributed by atoms with Gasteiger partial charge in [0.25, 0.3) is 0 Å². The summed E-state index contributed by atoms with van der Waals surface area (Å²) in [5, 5.41) is 4.29. The Hall–Kier alpha value is -1.77. The standard InChI is InChI=1S/C14H18N2O/c1-4-12-5-7-14(8-6-12)17-10-13-9-11(2)15-16(13)3/h5-9H,4,10H2,1-3H3. The van der Waals surface area contributed by atoms with Gasteiger partial charge in [-0.1, -0.05) is 19.1 Å². The highest BCUT2D eigenvalue weighted by Gasteiger charge is 2.02. The monoisotopic (exact) mass is 230 g/mol. The summed E-state index contributed by atoms with van der Waals surface area (Å²) in [6, 6.07) is 10.3. The molecule has 0 bridgehead atoms. The highest BCUT2D eigenvalue weighted by atomic mass is 16.5. The molecular formula is C14H18N2O. The highest BCUT2D eigenvalue weighted by Crippen LogP contribution is 2.14. The van der Waals surface area contributed by atoms with Gasteiger partial charge in [-0.25, -0.2) is 0 Å². The SMILES string of the molecule is CCc1ccc(OCc2cc(C)nn2C)cc1. The fourth-order valence-electron chi connectivity index (χ4n) is 1.78. The third-order valence-electron chi connectivity index (χ3n) is 2.82. The Morgan fingerprint density at radius 3 is 2.47 bits per heavy atom. The van der Waals surface area contributed by atoms with Crippen LogP contribution in [-0.2, 0) is 20.1 Å². The first kappa shape index (κ1) is 11.7. The van der Waals surface area contributed by atoms with Crippen LogP contribution < -0.4 is 4.74 Å². The van der Waals surface area contributed by atoms with E-state index >= 15 is 0 Å². The van der Waals surface area contributed by atoms with E-state index in [0.29, 0.717) is 6.61 Å². The van der Waals surface area contributed by atoms with E-state index in [1.165, 1.54) is 5.56 Å². The maximum atomic E-state index is 5.72. The Morgan fingerprint density at radius 1 is 1.24 bits per heavy atom. The molecule has 2 aromatic rings. The Bertz CT molecular complexity index is 485. The van der Waals surface area contributed by atoms with Gasteiger partial charge < -0.3 is 4.74 Å². The molecule has 0 aliphatic rings. The second-order valence-corrected chi connectivity index (χ2v) is 4.19. The molecule has 3 heteroatoms. The van der Waals surface area contributed by atoms with Crippen molar-refractivity contribution in [2.24, 2.45) is 7.05 Å². The van der Waals surface area contributed by atoms with Crippen LogP contribution in [0.15, 0.2) is 30.3 Å². The summed E-state index contributed by atoms with van der Waals surface area (Å²) in [4.78, 5) is 0. The molecular weight excluding hydrogens is 212 g/mol. The molecule has 1 aromatic carbocycles. The van der Waals surface area contributed by atoms with E-state index in [-0.39, 0.29) is 0 Å². The zero-order valence-corrected chi connectivity index (χ0v) is 10.6. The molecule has 0 unspecified atom stereocenters. The Labute approximate surface area is 102 Å². The number of hydrogen-bond acceptors (Lipinski definition) is 2. The van der Waals surface area contributed by atoms with E-state index in [4.69, 9.17) is 4.74 Å². The summed E-state index contributed by atoms with van der Waals surface area (Å²) in [6.45, 7) is 4.69. The van der Waals surface area contributed by atoms with Crippen LogP contribution >= 0.6 is 0 Å².